The monoisotopic (exact) mass is 418 g/mol. The zero-order chi connectivity index (χ0) is 20.8. The average molecular weight is 419 g/mol. The third-order valence-corrected chi connectivity index (χ3v) is 6.16. The first-order valence-electron chi connectivity index (χ1n) is 10.3. The first kappa shape index (κ1) is 20.4. The van der Waals surface area contributed by atoms with Crippen LogP contribution in [0.1, 0.15) is 18.4 Å². The number of nitrogens with one attached hydrogen (secondary N) is 1. The summed E-state index contributed by atoms with van der Waals surface area (Å²) < 4.78 is 0. The SMILES string of the molecule is CSc1ccc(CNC(=O)C2CCCN(c3ccnc(-c4ccccc4)n3)C2)cc1. The van der Waals surface area contributed by atoms with Crippen LogP contribution in [0.5, 0.6) is 0 Å². The normalized spacial score (nSPS) is 16.3. The number of carbonyl (C=O) groups excluding carboxylic acids is 1. The summed E-state index contributed by atoms with van der Waals surface area (Å²) in [5.74, 6) is 1.69. The van der Waals surface area contributed by atoms with Crippen molar-refractivity contribution >= 4 is 23.5 Å². The van der Waals surface area contributed by atoms with Crippen molar-refractivity contribution in [3.63, 3.8) is 0 Å². The van der Waals surface area contributed by atoms with E-state index < -0.39 is 0 Å². The molecule has 1 aliphatic rings. The number of thioether (sulfide) groups is 1. The number of anilines is 1. The van der Waals surface area contributed by atoms with Crippen LogP contribution < -0.4 is 10.2 Å². The van der Waals surface area contributed by atoms with Crippen LogP contribution in [0.2, 0.25) is 0 Å². The van der Waals surface area contributed by atoms with Gasteiger partial charge in [0, 0.05) is 36.3 Å². The summed E-state index contributed by atoms with van der Waals surface area (Å²) in [6.07, 6.45) is 5.74. The molecular weight excluding hydrogens is 392 g/mol. The van der Waals surface area contributed by atoms with Crippen molar-refractivity contribution in [2.24, 2.45) is 5.92 Å². The Bertz CT molecular complexity index is 978. The minimum Gasteiger partial charge on any atom is -0.356 e. The maximum absolute atomic E-state index is 12.8. The number of hydrogen-bond acceptors (Lipinski definition) is 5. The van der Waals surface area contributed by atoms with Gasteiger partial charge >= 0.3 is 0 Å². The summed E-state index contributed by atoms with van der Waals surface area (Å²) in [6.45, 7) is 2.16. The molecule has 2 heterocycles. The third-order valence-electron chi connectivity index (χ3n) is 5.41. The van der Waals surface area contributed by atoms with Crippen LogP contribution in [0.25, 0.3) is 11.4 Å². The molecule has 1 unspecified atom stereocenters. The summed E-state index contributed by atoms with van der Waals surface area (Å²) in [7, 11) is 0. The fraction of sp³-hybridized carbons (Fsp3) is 0.292. The predicted octanol–water partition coefficient (Wildman–Crippen LogP) is 4.40. The van der Waals surface area contributed by atoms with Crippen LogP contribution in [0.15, 0.2) is 71.8 Å². The van der Waals surface area contributed by atoms with Gasteiger partial charge in [-0.15, -0.1) is 11.8 Å². The molecule has 4 rings (SSSR count). The molecule has 0 saturated carbocycles. The first-order chi connectivity index (χ1) is 14.7. The van der Waals surface area contributed by atoms with Crippen LogP contribution in [0.4, 0.5) is 5.82 Å². The van der Waals surface area contributed by atoms with E-state index in [2.05, 4.69) is 45.7 Å². The van der Waals surface area contributed by atoms with E-state index >= 15 is 0 Å². The largest absolute Gasteiger partial charge is 0.356 e. The minimum absolute atomic E-state index is 0.0284. The van der Waals surface area contributed by atoms with Crippen molar-refractivity contribution in [3.8, 4) is 11.4 Å². The summed E-state index contributed by atoms with van der Waals surface area (Å²) in [4.78, 5) is 25.4. The van der Waals surface area contributed by atoms with Gasteiger partial charge in [-0.25, -0.2) is 9.97 Å². The van der Waals surface area contributed by atoms with Gasteiger partial charge in [0.25, 0.3) is 0 Å². The summed E-state index contributed by atoms with van der Waals surface area (Å²) in [5.41, 5.74) is 2.12. The van der Waals surface area contributed by atoms with Gasteiger partial charge in [-0.2, -0.15) is 0 Å². The zero-order valence-electron chi connectivity index (χ0n) is 17.1. The Morgan fingerprint density at radius 1 is 1.13 bits per heavy atom. The molecule has 0 radical (unpaired) electrons. The van der Waals surface area contributed by atoms with E-state index in [-0.39, 0.29) is 11.8 Å². The van der Waals surface area contributed by atoms with Gasteiger partial charge < -0.3 is 10.2 Å². The van der Waals surface area contributed by atoms with Crippen molar-refractivity contribution in [2.45, 2.75) is 24.3 Å². The second-order valence-corrected chi connectivity index (χ2v) is 8.34. The topological polar surface area (TPSA) is 58.1 Å². The highest BCUT2D eigenvalue weighted by molar-refractivity contribution is 7.98. The minimum atomic E-state index is -0.0284. The molecule has 0 aliphatic carbocycles. The van der Waals surface area contributed by atoms with Gasteiger partial charge in [-0.3, -0.25) is 4.79 Å². The lowest BCUT2D eigenvalue weighted by molar-refractivity contribution is -0.125. The molecule has 1 saturated heterocycles. The molecule has 1 N–H and O–H groups in total. The number of benzene rings is 2. The highest BCUT2D eigenvalue weighted by atomic mass is 32.2. The summed E-state index contributed by atoms with van der Waals surface area (Å²) in [6, 6.07) is 20.2. The first-order valence-corrected chi connectivity index (χ1v) is 11.5. The Morgan fingerprint density at radius 2 is 1.93 bits per heavy atom. The van der Waals surface area contributed by atoms with Gasteiger partial charge in [0.15, 0.2) is 5.82 Å². The summed E-state index contributed by atoms with van der Waals surface area (Å²) in [5, 5.41) is 3.11. The van der Waals surface area contributed by atoms with Crippen molar-refractivity contribution in [3.05, 3.63) is 72.4 Å². The van der Waals surface area contributed by atoms with E-state index in [1.165, 1.54) is 4.90 Å². The molecule has 1 aliphatic heterocycles. The fourth-order valence-electron chi connectivity index (χ4n) is 3.73. The molecule has 5 nitrogen and oxygen atoms in total. The number of piperidine rings is 1. The van der Waals surface area contributed by atoms with Crippen LogP contribution >= 0.6 is 11.8 Å². The second-order valence-electron chi connectivity index (χ2n) is 7.46. The number of rotatable bonds is 6. The molecule has 1 fully saturated rings. The van der Waals surface area contributed by atoms with Crippen LogP contribution in [0, 0.1) is 5.92 Å². The van der Waals surface area contributed by atoms with E-state index in [0.29, 0.717) is 18.9 Å². The number of carbonyl (C=O) groups is 1. The second kappa shape index (κ2) is 9.76. The number of aromatic nitrogens is 2. The van der Waals surface area contributed by atoms with Gasteiger partial charge in [-0.1, -0.05) is 42.5 Å². The number of amides is 1. The average Bonchev–Trinajstić information content (AvgIpc) is 2.83. The van der Waals surface area contributed by atoms with Gasteiger partial charge in [-0.05, 0) is 42.9 Å². The lowest BCUT2D eigenvalue weighted by atomic mass is 9.97. The maximum Gasteiger partial charge on any atom is 0.225 e. The van der Waals surface area contributed by atoms with Crippen molar-refractivity contribution in [1.82, 2.24) is 15.3 Å². The Labute approximate surface area is 181 Å². The molecular formula is C24H26N4OS. The van der Waals surface area contributed by atoms with Gasteiger partial charge in [0.2, 0.25) is 5.91 Å². The Kier molecular flexibility index (Phi) is 6.64. The molecule has 2 aromatic carbocycles. The number of hydrogen-bond donors (Lipinski definition) is 1. The molecule has 0 spiro atoms. The van der Waals surface area contributed by atoms with Crippen LogP contribution in [-0.4, -0.2) is 35.2 Å². The van der Waals surface area contributed by atoms with E-state index in [1.54, 1.807) is 18.0 Å². The molecule has 0 bridgehead atoms. The molecule has 6 heteroatoms. The lowest BCUT2D eigenvalue weighted by Crippen LogP contribution is -2.43. The molecule has 1 amide bonds. The van der Waals surface area contributed by atoms with Crippen LogP contribution in [0.3, 0.4) is 0 Å². The lowest BCUT2D eigenvalue weighted by Gasteiger charge is -2.33. The van der Waals surface area contributed by atoms with Crippen molar-refractivity contribution in [1.29, 1.82) is 0 Å². The summed E-state index contributed by atoms with van der Waals surface area (Å²) >= 11 is 1.72. The fourth-order valence-corrected chi connectivity index (χ4v) is 4.14. The number of nitrogens with zero attached hydrogens (tertiary/aromatic N) is 3. The molecule has 3 aromatic rings. The predicted molar refractivity (Wildman–Crippen MR) is 122 cm³/mol. The third kappa shape index (κ3) is 5.00. The Hall–Kier alpha value is -2.86. The molecule has 30 heavy (non-hydrogen) atoms. The highest BCUT2D eigenvalue weighted by Gasteiger charge is 2.26. The Morgan fingerprint density at radius 3 is 2.70 bits per heavy atom. The maximum atomic E-state index is 12.8. The molecule has 154 valence electrons. The van der Waals surface area contributed by atoms with Gasteiger partial charge in [0.05, 0.1) is 5.92 Å². The van der Waals surface area contributed by atoms with Crippen LogP contribution in [-0.2, 0) is 11.3 Å². The zero-order valence-corrected chi connectivity index (χ0v) is 17.9. The van der Waals surface area contributed by atoms with E-state index in [9.17, 15) is 4.79 Å². The van der Waals surface area contributed by atoms with E-state index in [0.717, 1.165) is 36.3 Å². The quantitative estimate of drug-likeness (QED) is 0.602. The standard InChI is InChI=1S/C24H26N4OS/c1-30-21-11-9-18(10-12-21)16-26-24(29)20-8-5-15-28(17-20)22-13-14-25-23(27-22)19-6-3-2-4-7-19/h2-4,6-7,9-14,20H,5,8,15-17H2,1H3,(H,26,29). The van der Waals surface area contributed by atoms with Crippen molar-refractivity contribution < 1.29 is 4.79 Å². The van der Waals surface area contributed by atoms with E-state index in [4.69, 9.17) is 4.98 Å². The Balaban J connectivity index is 1.38. The highest BCUT2D eigenvalue weighted by Crippen LogP contribution is 2.24. The van der Waals surface area contributed by atoms with Crippen molar-refractivity contribution in [2.75, 3.05) is 24.2 Å². The smallest absolute Gasteiger partial charge is 0.225 e. The molecule has 1 aromatic heterocycles. The molecule has 1 atom stereocenters. The van der Waals surface area contributed by atoms with Gasteiger partial charge in [0.1, 0.15) is 5.82 Å². The van der Waals surface area contributed by atoms with E-state index in [1.807, 2.05) is 36.4 Å².